The molecule has 1 unspecified atom stereocenters. The molecular weight excluding hydrogens is 342 g/mol. The van der Waals surface area contributed by atoms with Crippen LogP contribution in [0.25, 0.3) is 0 Å². The zero-order valence-electron chi connectivity index (χ0n) is 10.6. The smallest absolute Gasteiger partial charge is 0.0412 e. The normalized spacial score (nSPS) is 12.4. The Morgan fingerprint density at radius 1 is 1.16 bits per heavy atom. The Bertz CT molecular complexity index is 530. The molecule has 0 amide bonds. The summed E-state index contributed by atoms with van der Waals surface area (Å²) in [4.78, 5) is 1.26. The fraction of sp³-hybridized carbons (Fsp3) is 0.200. The lowest BCUT2D eigenvalue weighted by Gasteiger charge is -2.16. The van der Waals surface area contributed by atoms with Crippen LogP contribution in [0.5, 0.6) is 0 Å². The number of nitrogens with one attached hydrogen (secondary N) is 1. The molecule has 0 heterocycles. The van der Waals surface area contributed by atoms with E-state index < -0.39 is 0 Å². The van der Waals surface area contributed by atoms with Crippen LogP contribution in [0.2, 0.25) is 5.02 Å². The molecule has 0 aliphatic heterocycles. The highest BCUT2D eigenvalue weighted by Gasteiger charge is 2.10. The molecule has 0 aromatic heterocycles. The third-order valence-electron chi connectivity index (χ3n) is 2.86. The van der Waals surface area contributed by atoms with Crippen LogP contribution in [0.1, 0.15) is 11.6 Å². The Morgan fingerprint density at radius 3 is 2.47 bits per heavy atom. The van der Waals surface area contributed by atoms with Gasteiger partial charge in [0.15, 0.2) is 0 Å². The number of thioether (sulfide) groups is 1. The molecule has 1 N–H and O–H groups in total. The summed E-state index contributed by atoms with van der Waals surface area (Å²) >= 11 is 11.3. The molecule has 0 radical (unpaired) electrons. The molecule has 0 aliphatic carbocycles. The van der Waals surface area contributed by atoms with Crippen molar-refractivity contribution >= 4 is 39.3 Å². The minimum Gasteiger partial charge on any atom is -0.312 e. The maximum absolute atomic E-state index is 5.92. The van der Waals surface area contributed by atoms with E-state index in [1.165, 1.54) is 10.5 Å². The van der Waals surface area contributed by atoms with Gasteiger partial charge in [0.1, 0.15) is 0 Å². The van der Waals surface area contributed by atoms with Gasteiger partial charge in [0.2, 0.25) is 0 Å². The summed E-state index contributed by atoms with van der Waals surface area (Å²) in [5.74, 6) is 0.973. The molecular formula is C15H15BrClNS. The van der Waals surface area contributed by atoms with Gasteiger partial charge in [-0.2, -0.15) is 0 Å². The topological polar surface area (TPSA) is 12.0 Å². The van der Waals surface area contributed by atoms with Crippen molar-refractivity contribution in [1.29, 1.82) is 0 Å². The number of hydrogen-bond acceptors (Lipinski definition) is 2. The molecule has 1 nitrogen and oxygen atoms in total. The summed E-state index contributed by atoms with van der Waals surface area (Å²) in [6.07, 6.45) is 0. The van der Waals surface area contributed by atoms with Crippen molar-refractivity contribution in [2.24, 2.45) is 0 Å². The van der Waals surface area contributed by atoms with Crippen molar-refractivity contribution in [2.75, 3.05) is 12.8 Å². The lowest BCUT2D eigenvalue weighted by Crippen LogP contribution is -2.18. The van der Waals surface area contributed by atoms with Crippen molar-refractivity contribution in [2.45, 2.75) is 10.9 Å². The summed E-state index contributed by atoms with van der Waals surface area (Å²) in [6, 6.07) is 16.6. The van der Waals surface area contributed by atoms with E-state index in [2.05, 4.69) is 51.6 Å². The lowest BCUT2D eigenvalue weighted by molar-refractivity contribution is 0.662. The average Bonchev–Trinajstić information content (AvgIpc) is 2.43. The second-order valence-electron chi connectivity index (χ2n) is 4.13. The Morgan fingerprint density at radius 2 is 1.84 bits per heavy atom. The monoisotopic (exact) mass is 355 g/mol. The molecule has 0 fully saturated rings. The van der Waals surface area contributed by atoms with E-state index >= 15 is 0 Å². The summed E-state index contributed by atoms with van der Waals surface area (Å²) in [5.41, 5.74) is 1.26. The first-order valence-corrected chi connectivity index (χ1v) is 8.16. The van der Waals surface area contributed by atoms with Crippen molar-refractivity contribution in [3.8, 4) is 0 Å². The second kappa shape index (κ2) is 7.34. The van der Waals surface area contributed by atoms with Gasteiger partial charge < -0.3 is 5.32 Å². The third kappa shape index (κ3) is 4.25. The van der Waals surface area contributed by atoms with E-state index in [-0.39, 0.29) is 0 Å². The van der Waals surface area contributed by atoms with Gasteiger partial charge in [0.25, 0.3) is 0 Å². The standard InChI is InChI=1S/C15H15BrClNS/c1-18-14(11-6-8-12(17)9-7-11)10-19-15-5-3-2-4-13(15)16/h2-9,14,18H,10H2,1H3. The van der Waals surface area contributed by atoms with E-state index in [0.29, 0.717) is 6.04 Å². The van der Waals surface area contributed by atoms with E-state index in [0.717, 1.165) is 15.2 Å². The zero-order valence-corrected chi connectivity index (χ0v) is 13.7. The first kappa shape index (κ1) is 14.9. The summed E-state index contributed by atoms with van der Waals surface area (Å²) in [6.45, 7) is 0. The molecule has 0 aliphatic rings. The number of benzene rings is 2. The van der Waals surface area contributed by atoms with E-state index in [4.69, 9.17) is 11.6 Å². The molecule has 2 rings (SSSR count). The lowest BCUT2D eigenvalue weighted by atomic mass is 10.1. The fourth-order valence-corrected chi connectivity index (χ4v) is 3.62. The highest BCUT2D eigenvalue weighted by Crippen LogP contribution is 2.30. The molecule has 0 saturated carbocycles. The molecule has 0 spiro atoms. The first-order chi connectivity index (χ1) is 9.20. The minimum atomic E-state index is 0.314. The molecule has 4 heteroatoms. The average molecular weight is 357 g/mol. The van der Waals surface area contributed by atoms with Crippen LogP contribution in [-0.2, 0) is 0 Å². The van der Waals surface area contributed by atoms with E-state index in [1.54, 1.807) is 0 Å². The second-order valence-corrected chi connectivity index (χ2v) is 6.49. The molecule has 100 valence electrons. The summed E-state index contributed by atoms with van der Waals surface area (Å²) in [7, 11) is 1.99. The van der Waals surface area contributed by atoms with Gasteiger partial charge in [-0.1, -0.05) is 35.9 Å². The van der Waals surface area contributed by atoms with Gasteiger partial charge in [-0.25, -0.2) is 0 Å². The maximum atomic E-state index is 5.92. The molecule has 1 atom stereocenters. The van der Waals surface area contributed by atoms with Crippen LogP contribution in [0.4, 0.5) is 0 Å². The minimum absolute atomic E-state index is 0.314. The highest BCUT2D eigenvalue weighted by molar-refractivity contribution is 9.10. The zero-order chi connectivity index (χ0) is 13.7. The molecule has 19 heavy (non-hydrogen) atoms. The Labute approximate surface area is 131 Å². The number of rotatable bonds is 5. The van der Waals surface area contributed by atoms with Crippen LogP contribution in [-0.4, -0.2) is 12.8 Å². The predicted octanol–water partition coefficient (Wildman–Crippen LogP) is 5.16. The molecule has 2 aromatic rings. The fourth-order valence-electron chi connectivity index (χ4n) is 1.78. The Kier molecular flexibility index (Phi) is 5.76. The summed E-state index contributed by atoms with van der Waals surface area (Å²) < 4.78 is 1.14. The van der Waals surface area contributed by atoms with Crippen molar-refractivity contribution < 1.29 is 0 Å². The van der Waals surface area contributed by atoms with Gasteiger partial charge in [0, 0.05) is 26.2 Å². The van der Waals surface area contributed by atoms with Gasteiger partial charge in [-0.05, 0) is 52.8 Å². The molecule has 0 saturated heterocycles. The van der Waals surface area contributed by atoms with Gasteiger partial charge in [-0.3, -0.25) is 0 Å². The van der Waals surface area contributed by atoms with E-state index in [1.807, 2.05) is 37.0 Å². The molecule has 0 bridgehead atoms. The Hall–Kier alpha value is -0.480. The Balaban J connectivity index is 2.04. The highest BCUT2D eigenvalue weighted by atomic mass is 79.9. The van der Waals surface area contributed by atoms with Gasteiger partial charge in [0.05, 0.1) is 0 Å². The van der Waals surface area contributed by atoms with Crippen LogP contribution in [0, 0.1) is 0 Å². The first-order valence-electron chi connectivity index (χ1n) is 6.01. The predicted molar refractivity (Wildman–Crippen MR) is 88.1 cm³/mol. The summed E-state index contributed by atoms with van der Waals surface area (Å²) in [5, 5.41) is 4.12. The van der Waals surface area contributed by atoms with Crippen LogP contribution in [0.15, 0.2) is 57.9 Å². The van der Waals surface area contributed by atoms with Crippen LogP contribution < -0.4 is 5.32 Å². The van der Waals surface area contributed by atoms with Crippen molar-refractivity contribution in [3.63, 3.8) is 0 Å². The molecule has 2 aromatic carbocycles. The van der Waals surface area contributed by atoms with Crippen molar-refractivity contribution in [1.82, 2.24) is 5.32 Å². The quantitative estimate of drug-likeness (QED) is 0.743. The number of hydrogen-bond donors (Lipinski definition) is 1. The maximum Gasteiger partial charge on any atom is 0.0412 e. The SMILES string of the molecule is CNC(CSc1ccccc1Br)c1ccc(Cl)cc1. The number of halogens is 2. The largest absolute Gasteiger partial charge is 0.312 e. The third-order valence-corrected chi connectivity index (χ3v) is 5.24. The van der Waals surface area contributed by atoms with E-state index in [9.17, 15) is 0 Å². The van der Waals surface area contributed by atoms with Gasteiger partial charge >= 0.3 is 0 Å². The van der Waals surface area contributed by atoms with Crippen LogP contribution >= 0.6 is 39.3 Å². The van der Waals surface area contributed by atoms with Crippen LogP contribution in [0.3, 0.4) is 0 Å². The van der Waals surface area contributed by atoms with Crippen molar-refractivity contribution in [3.05, 3.63) is 63.6 Å². The van der Waals surface area contributed by atoms with Gasteiger partial charge in [-0.15, -0.1) is 11.8 Å².